The minimum absolute atomic E-state index is 0.0869. The van der Waals surface area contributed by atoms with Gasteiger partial charge in [0.2, 0.25) is 0 Å². The average molecular weight is 243 g/mol. The van der Waals surface area contributed by atoms with Crippen molar-refractivity contribution in [3.05, 3.63) is 41.1 Å². The van der Waals surface area contributed by atoms with E-state index in [1.807, 2.05) is 0 Å². The fourth-order valence-electron chi connectivity index (χ4n) is 1.62. The topological polar surface area (TPSA) is 52.3 Å². The van der Waals surface area contributed by atoms with E-state index in [0.29, 0.717) is 11.1 Å². The van der Waals surface area contributed by atoms with Crippen molar-refractivity contribution in [3.8, 4) is 0 Å². The summed E-state index contributed by atoms with van der Waals surface area (Å²) in [5, 5.41) is 0. The first-order chi connectivity index (χ1) is 7.89. The lowest BCUT2D eigenvalue weighted by Crippen LogP contribution is -2.28. The maximum atomic E-state index is 12.1. The number of nitrogens with two attached hydrogens (primary N) is 1. The molecule has 1 aliphatic carbocycles. The van der Waals surface area contributed by atoms with Crippen LogP contribution in [0.1, 0.15) is 17.2 Å². The van der Waals surface area contributed by atoms with Gasteiger partial charge >= 0.3 is 12.1 Å². The molecule has 6 heteroatoms. The highest BCUT2D eigenvalue weighted by Gasteiger charge is 2.43. The van der Waals surface area contributed by atoms with Gasteiger partial charge in [0.25, 0.3) is 0 Å². The molecule has 1 aromatic rings. The van der Waals surface area contributed by atoms with Crippen molar-refractivity contribution in [2.75, 3.05) is 0 Å². The van der Waals surface area contributed by atoms with Crippen LogP contribution >= 0.6 is 0 Å². The molecule has 1 aliphatic rings. The Balaban J connectivity index is 2.24. The molecule has 17 heavy (non-hydrogen) atoms. The van der Waals surface area contributed by atoms with Crippen LogP contribution in [-0.4, -0.2) is 12.1 Å². The zero-order chi connectivity index (χ0) is 12.6. The number of carbonyl (C=O) groups excluding carboxylic acids is 1. The Hall–Kier alpha value is -1.98. The molecule has 90 valence electrons. The Morgan fingerprint density at radius 3 is 2.59 bits per heavy atom. The van der Waals surface area contributed by atoms with Gasteiger partial charge in [0.05, 0.1) is 5.70 Å². The summed E-state index contributed by atoms with van der Waals surface area (Å²) in [6, 6.07) is 6.61. The molecule has 2 N–H and O–H groups in total. The third-order valence-corrected chi connectivity index (χ3v) is 2.36. The van der Waals surface area contributed by atoms with Crippen LogP contribution < -0.4 is 5.73 Å². The van der Waals surface area contributed by atoms with E-state index < -0.39 is 18.2 Å². The molecule has 0 radical (unpaired) electrons. The number of ether oxygens (including phenoxy) is 1. The van der Waals surface area contributed by atoms with Crippen LogP contribution in [0.2, 0.25) is 0 Å². The highest BCUT2D eigenvalue weighted by atomic mass is 19.4. The largest absolute Gasteiger partial charge is 0.490 e. The van der Waals surface area contributed by atoms with E-state index in [9.17, 15) is 18.0 Å². The Morgan fingerprint density at radius 1 is 1.29 bits per heavy atom. The molecule has 1 aromatic carbocycles. The van der Waals surface area contributed by atoms with Crippen LogP contribution in [0.5, 0.6) is 0 Å². The fraction of sp³-hybridized carbons (Fsp3) is 0.182. The first-order valence-electron chi connectivity index (χ1n) is 4.73. The zero-order valence-electron chi connectivity index (χ0n) is 8.49. The van der Waals surface area contributed by atoms with Crippen molar-refractivity contribution in [3.63, 3.8) is 0 Å². The molecule has 1 atom stereocenters. The van der Waals surface area contributed by atoms with Gasteiger partial charge in [0, 0.05) is 5.56 Å². The predicted molar refractivity (Wildman–Crippen MR) is 53.5 cm³/mol. The molecule has 3 nitrogen and oxygen atoms in total. The zero-order valence-corrected chi connectivity index (χ0v) is 8.49. The first kappa shape index (κ1) is 11.5. The van der Waals surface area contributed by atoms with Crippen molar-refractivity contribution in [2.24, 2.45) is 5.73 Å². The number of fused-ring (bicyclic) bond motifs is 1. The van der Waals surface area contributed by atoms with Crippen molar-refractivity contribution >= 4 is 12.0 Å². The second-order valence-corrected chi connectivity index (χ2v) is 3.56. The molecule has 2 rings (SSSR count). The Morgan fingerprint density at radius 2 is 1.94 bits per heavy atom. The maximum Gasteiger partial charge on any atom is 0.490 e. The summed E-state index contributed by atoms with van der Waals surface area (Å²) >= 11 is 0. The number of benzene rings is 1. The standard InChI is InChI=1S/C11H8F3NO2/c12-11(13,14)10(16)17-9-7-4-2-1-3-6(7)5-8(9)15/h1-5,9H,15H2. The minimum atomic E-state index is -5.02. The number of halogens is 3. The Kier molecular flexibility index (Phi) is 2.57. The van der Waals surface area contributed by atoms with Crippen LogP contribution in [-0.2, 0) is 9.53 Å². The van der Waals surface area contributed by atoms with Gasteiger partial charge < -0.3 is 10.5 Å². The maximum absolute atomic E-state index is 12.1. The van der Waals surface area contributed by atoms with Gasteiger partial charge in [-0.1, -0.05) is 24.3 Å². The quantitative estimate of drug-likeness (QED) is 0.769. The monoisotopic (exact) mass is 243 g/mol. The number of rotatable bonds is 1. The van der Waals surface area contributed by atoms with Gasteiger partial charge in [-0.2, -0.15) is 13.2 Å². The second kappa shape index (κ2) is 3.80. The van der Waals surface area contributed by atoms with E-state index in [1.165, 1.54) is 6.08 Å². The number of carbonyl (C=O) groups is 1. The summed E-state index contributed by atoms with van der Waals surface area (Å²) in [5.74, 6) is -2.24. The molecule has 0 aliphatic heterocycles. The number of esters is 1. The van der Waals surface area contributed by atoms with Crippen LogP contribution in [0.4, 0.5) is 13.2 Å². The van der Waals surface area contributed by atoms with Crippen molar-refractivity contribution in [1.29, 1.82) is 0 Å². The van der Waals surface area contributed by atoms with E-state index in [1.54, 1.807) is 24.3 Å². The number of hydrogen-bond donors (Lipinski definition) is 1. The fourth-order valence-corrected chi connectivity index (χ4v) is 1.62. The van der Waals surface area contributed by atoms with Crippen LogP contribution in [0.3, 0.4) is 0 Å². The molecule has 0 fully saturated rings. The molecule has 0 aromatic heterocycles. The lowest BCUT2D eigenvalue weighted by molar-refractivity contribution is -0.203. The van der Waals surface area contributed by atoms with E-state index in [2.05, 4.69) is 4.74 Å². The summed E-state index contributed by atoms with van der Waals surface area (Å²) in [7, 11) is 0. The summed E-state index contributed by atoms with van der Waals surface area (Å²) in [6.45, 7) is 0. The van der Waals surface area contributed by atoms with Crippen LogP contribution in [0, 0.1) is 0 Å². The van der Waals surface area contributed by atoms with Crippen molar-refractivity contribution in [2.45, 2.75) is 12.3 Å². The number of alkyl halides is 3. The van der Waals surface area contributed by atoms with E-state index in [0.717, 1.165) is 0 Å². The predicted octanol–water partition coefficient (Wildman–Crippen LogP) is 2.15. The SMILES string of the molecule is NC1=Cc2ccccc2C1OC(=O)C(F)(F)F. The highest BCUT2D eigenvalue weighted by Crippen LogP contribution is 2.35. The average Bonchev–Trinajstić information content (AvgIpc) is 2.54. The van der Waals surface area contributed by atoms with Gasteiger partial charge in [0.15, 0.2) is 6.10 Å². The molecule has 0 heterocycles. The Bertz CT molecular complexity index is 494. The van der Waals surface area contributed by atoms with Gasteiger partial charge in [-0.05, 0) is 11.6 Å². The molecule has 0 saturated heterocycles. The summed E-state index contributed by atoms with van der Waals surface area (Å²) in [4.78, 5) is 10.7. The minimum Gasteiger partial charge on any atom is -0.444 e. The smallest absolute Gasteiger partial charge is 0.444 e. The molecule has 0 amide bonds. The third-order valence-electron chi connectivity index (χ3n) is 2.36. The lowest BCUT2D eigenvalue weighted by Gasteiger charge is -2.16. The second-order valence-electron chi connectivity index (χ2n) is 3.56. The number of hydrogen-bond acceptors (Lipinski definition) is 3. The van der Waals surface area contributed by atoms with Crippen LogP contribution in [0.25, 0.3) is 6.08 Å². The van der Waals surface area contributed by atoms with Crippen molar-refractivity contribution in [1.82, 2.24) is 0 Å². The van der Waals surface area contributed by atoms with Crippen LogP contribution in [0.15, 0.2) is 30.0 Å². The summed E-state index contributed by atoms with van der Waals surface area (Å²) in [6.07, 6.45) is -4.68. The van der Waals surface area contributed by atoms with Gasteiger partial charge in [-0.3, -0.25) is 0 Å². The normalized spacial score (nSPS) is 18.5. The summed E-state index contributed by atoms with van der Waals surface area (Å²) < 4.78 is 40.6. The van der Waals surface area contributed by atoms with Gasteiger partial charge in [-0.25, -0.2) is 4.79 Å². The molecular weight excluding hydrogens is 235 g/mol. The first-order valence-corrected chi connectivity index (χ1v) is 4.73. The third kappa shape index (κ3) is 2.11. The molecule has 1 unspecified atom stereocenters. The van der Waals surface area contributed by atoms with E-state index >= 15 is 0 Å². The molecule has 0 bridgehead atoms. The Labute approximate surface area is 94.7 Å². The van der Waals surface area contributed by atoms with Crippen molar-refractivity contribution < 1.29 is 22.7 Å². The lowest BCUT2D eigenvalue weighted by atomic mass is 10.1. The van der Waals surface area contributed by atoms with E-state index in [4.69, 9.17) is 5.73 Å². The summed E-state index contributed by atoms with van der Waals surface area (Å²) in [5.41, 5.74) is 6.74. The molecular formula is C11H8F3NO2. The van der Waals surface area contributed by atoms with Gasteiger partial charge in [0.1, 0.15) is 0 Å². The molecule has 0 saturated carbocycles. The van der Waals surface area contributed by atoms with Gasteiger partial charge in [-0.15, -0.1) is 0 Å². The molecule has 0 spiro atoms. The van der Waals surface area contributed by atoms with E-state index in [-0.39, 0.29) is 5.70 Å². The highest BCUT2D eigenvalue weighted by molar-refractivity contribution is 5.77.